The number of nitrogens with zero attached hydrogens (tertiary/aromatic N) is 1. The number of nitrogens with one attached hydrogen (secondary N) is 1. The molecule has 0 spiro atoms. The molecule has 0 aliphatic carbocycles. The number of ether oxygens (including phenoxy) is 1. The monoisotopic (exact) mass is 452 g/mol. The molecule has 1 saturated heterocycles. The van der Waals surface area contributed by atoms with Crippen LogP contribution in [-0.2, 0) is 14.8 Å². The fourth-order valence-corrected chi connectivity index (χ4v) is 4.81. The maximum absolute atomic E-state index is 12.1. The first-order valence-electron chi connectivity index (χ1n) is 8.73. The van der Waals surface area contributed by atoms with Gasteiger partial charge in [0.1, 0.15) is 5.75 Å². The topological polar surface area (TPSA) is 75.7 Å². The number of halogens is 1. The Balaban J connectivity index is 1.49. The van der Waals surface area contributed by atoms with Crippen LogP contribution < -0.4 is 14.4 Å². The van der Waals surface area contributed by atoms with E-state index in [4.69, 9.17) is 4.74 Å². The maximum Gasteiger partial charge on any atom is 0.235 e. The molecule has 0 bridgehead atoms. The van der Waals surface area contributed by atoms with Gasteiger partial charge in [-0.3, -0.25) is 9.10 Å². The van der Waals surface area contributed by atoms with Crippen LogP contribution in [0.25, 0.3) is 0 Å². The van der Waals surface area contributed by atoms with Gasteiger partial charge in [-0.05, 0) is 49.2 Å². The summed E-state index contributed by atoms with van der Waals surface area (Å²) in [6.45, 7) is 0.919. The van der Waals surface area contributed by atoms with Crippen molar-refractivity contribution in [3.05, 3.63) is 53.0 Å². The van der Waals surface area contributed by atoms with Crippen LogP contribution in [-0.4, -0.2) is 33.2 Å². The van der Waals surface area contributed by atoms with E-state index in [0.29, 0.717) is 43.8 Å². The second-order valence-electron chi connectivity index (χ2n) is 6.25. The van der Waals surface area contributed by atoms with Crippen LogP contribution in [0.1, 0.15) is 19.3 Å². The molecule has 0 atom stereocenters. The average molecular weight is 453 g/mol. The molecule has 1 heterocycles. The van der Waals surface area contributed by atoms with Crippen LogP contribution in [0.3, 0.4) is 0 Å². The third-order valence-corrected chi connectivity index (χ3v) is 6.49. The number of carbonyl (C=O) groups is 1. The standard InChI is InChI=1S/C19H21BrN2O4S/c20-15-5-1-8-18(13-15)26-11-3-9-19(23)21-16-6-2-7-17(14-16)22-10-4-12-27(22,24)25/h1-2,5-8,13-14H,3-4,9-12H2,(H,21,23). The van der Waals surface area contributed by atoms with Gasteiger partial charge in [-0.1, -0.05) is 28.1 Å². The van der Waals surface area contributed by atoms with Gasteiger partial charge in [-0.25, -0.2) is 8.42 Å². The summed E-state index contributed by atoms with van der Waals surface area (Å²) in [4.78, 5) is 12.1. The highest BCUT2D eigenvalue weighted by molar-refractivity contribution is 9.10. The van der Waals surface area contributed by atoms with Gasteiger partial charge in [0.05, 0.1) is 18.0 Å². The van der Waals surface area contributed by atoms with Crippen LogP contribution in [0.15, 0.2) is 53.0 Å². The summed E-state index contributed by atoms with van der Waals surface area (Å²) in [5.41, 5.74) is 1.18. The van der Waals surface area contributed by atoms with Crippen molar-refractivity contribution in [1.29, 1.82) is 0 Å². The molecule has 0 aromatic heterocycles. The van der Waals surface area contributed by atoms with Crippen molar-refractivity contribution in [2.45, 2.75) is 19.3 Å². The minimum Gasteiger partial charge on any atom is -0.494 e. The van der Waals surface area contributed by atoms with Gasteiger partial charge in [0, 0.05) is 23.1 Å². The van der Waals surface area contributed by atoms with Crippen LogP contribution >= 0.6 is 15.9 Å². The summed E-state index contributed by atoms with van der Waals surface area (Å²) in [6.07, 6.45) is 1.52. The summed E-state index contributed by atoms with van der Waals surface area (Å²) < 4.78 is 32.0. The number of carbonyl (C=O) groups excluding carboxylic acids is 1. The molecule has 144 valence electrons. The molecule has 0 saturated carbocycles. The SMILES string of the molecule is O=C(CCCOc1cccc(Br)c1)Nc1cccc(N2CCCS2(=O)=O)c1. The highest BCUT2D eigenvalue weighted by atomic mass is 79.9. The Kier molecular flexibility index (Phi) is 6.38. The Morgan fingerprint density at radius 1 is 1.19 bits per heavy atom. The minimum absolute atomic E-state index is 0.130. The second-order valence-corrected chi connectivity index (χ2v) is 9.18. The number of anilines is 2. The molecular weight excluding hydrogens is 432 g/mol. The molecule has 2 aromatic carbocycles. The molecule has 1 aliphatic heterocycles. The van der Waals surface area contributed by atoms with Crippen molar-refractivity contribution >= 4 is 43.2 Å². The predicted molar refractivity (Wildman–Crippen MR) is 110 cm³/mol. The molecule has 6 nitrogen and oxygen atoms in total. The molecule has 1 fully saturated rings. The third kappa shape index (κ3) is 5.46. The first-order chi connectivity index (χ1) is 12.9. The van der Waals surface area contributed by atoms with Crippen molar-refractivity contribution in [2.75, 3.05) is 28.5 Å². The number of rotatable bonds is 7. The highest BCUT2D eigenvalue weighted by Gasteiger charge is 2.28. The zero-order valence-corrected chi connectivity index (χ0v) is 17.1. The lowest BCUT2D eigenvalue weighted by Gasteiger charge is -2.17. The van der Waals surface area contributed by atoms with Crippen LogP contribution in [0, 0.1) is 0 Å². The summed E-state index contributed by atoms with van der Waals surface area (Å²) in [5.74, 6) is 0.792. The second kappa shape index (κ2) is 8.75. The lowest BCUT2D eigenvalue weighted by molar-refractivity contribution is -0.116. The lowest BCUT2D eigenvalue weighted by atomic mass is 10.2. The molecule has 8 heteroatoms. The van der Waals surface area contributed by atoms with E-state index < -0.39 is 10.0 Å². The van der Waals surface area contributed by atoms with Gasteiger partial charge in [0.2, 0.25) is 15.9 Å². The number of sulfonamides is 1. The Morgan fingerprint density at radius 3 is 2.74 bits per heavy atom. The molecule has 0 radical (unpaired) electrons. The zero-order chi connectivity index (χ0) is 19.3. The van der Waals surface area contributed by atoms with Gasteiger partial charge < -0.3 is 10.1 Å². The highest BCUT2D eigenvalue weighted by Crippen LogP contribution is 2.26. The van der Waals surface area contributed by atoms with Gasteiger partial charge in [-0.2, -0.15) is 0 Å². The molecule has 1 aliphatic rings. The predicted octanol–water partition coefficient (Wildman–Crippen LogP) is 3.79. The van der Waals surface area contributed by atoms with E-state index in [1.165, 1.54) is 4.31 Å². The molecular formula is C19H21BrN2O4S. The van der Waals surface area contributed by atoms with E-state index in [1.54, 1.807) is 24.3 Å². The Morgan fingerprint density at radius 2 is 2.00 bits per heavy atom. The number of benzene rings is 2. The minimum atomic E-state index is -3.23. The lowest BCUT2D eigenvalue weighted by Crippen LogP contribution is -2.25. The van der Waals surface area contributed by atoms with E-state index in [0.717, 1.165) is 10.2 Å². The molecule has 1 amide bonds. The summed E-state index contributed by atoms with van der Waals surface area (Å²) in [7, 11) is -3.23. The summed E-state index contributed by atoms with van der Waals surface area (Å²) in [5, 5.41) is 2.82. The molecule has 0 unspecified atom stereocenters. The Labute approximate surface area is 167 Å². The first kappa shape index (κ1) is 19.7. The van der Waals surface area contributed by atoms with Crippen molar-refractivity contribution < 1.29 is 17.9 Å². The van der Waals surface area contributed by atoms with Crippen molar-refractivity contribution in [2.24, 2.45) is 0 Å². The van der Waals surface area contributed by atoms with E-state index in [9.17, 15) is 13.2 Å². The van der Waals surface area contributed by atoms with Crippen LogP contribution in [0.4, 0.5) is 11.4 Å². The van der Waals surface area contributed by atoms with Crippen molar-refractivity contribution in [1.82, 2.24) is 0 Å². The molecule has 27 heavy (non-hydrogen) atoms. The van der Waals surface area contributed by atoms with E-state index in [2.05, 4.69) is 21.2 Å². The third-order valence-electron chi connectivity index (χ3n) is 4.13. The molecule has 3 rings (SSSR count). The van der Waals surface area contributed by atoms with Gasteiger partial charge in [0.25, 0.3) is 0 Å². The molecule has 1 N–H and O–H groups in total. The maximum atomic E-state index is 12.1. The van der Waals surface area contributed by atoms with Gasteiger partial charge in [0.15, 0.2) is 0 Å². The Bertz CT molecular complexity index is 917. The summed E-state index contributed by atoms with van der Waals surface area (Å²) >= 11 is 3.38. The fourth-order valence-electron chi connectivity index (χ4n) is 2.87. The van der Waals surface area contributed by atoms with Crippen LogP contribution in [0.5, 0.6) is 5.75 Å². The molecule has 2 aromatic rings. The van der Waals surface area contributed by atoms with Crippen molar-refractivity contribution in [3.63, 3.8) is 0 Å². The van der Waals surface area contributed by atoms with E-state index in [-0.39, 0.29) is 11.7 Å². The van der Waals surface area contributed by atoms with Crippen LogP contribution in [0.2, 0.25) is 0 Å². The van der Waals surface area contributed by atoms with E-state index in [1.807, 2.05) is 24.3 Å². The number of hydrogen-bond donors (Lipinski definition) is 1. The van der Waals surface area contributed by atoms with Gasteiger partial charge >= 0.3 is 0 Å². The normalized spacial score (nSPS) is 15.5. The largest absolute Gasteiger partial charge is 0.494 e. The Hall–Kier alpha value is -2.06. The van der Waals surface area contributed by atoms with Gasteiger partial charge in [-0.15, -0.1) is 0 Å². The average Bonchev–Trinajstić information content (AvgIpc) is 2.98. The zero-order valence-electron chi connectivity index (χ0n) is 14.7. The quantitative estimate of drug-likeness (QED) is 0.648. The summed E-state index contributed by atoms with van der Waals surface area (Å²) in [6, 6.07) is 14.5. The number of amides is 1. The first-order valence-corrected chi connectivity index (χ1v) is 11.1. The van der Waals surface area contributed by atoms with E-state index >= 15 is 0 Å². The fraction of sp³-hybridized carbons (Fsp3) is 0.316. The smallest absolute Gasteiger partial charge is 0.235 e. The van der Waals surface area contributed by atoms with Crippen molar-refractivity contribution in [3.8, 4) is 5.75 Å². The number of hydrogen-bond acceptors (Lipinski definition) is 4.